The van der Waals surface area contributed by atoms with Crippen LogP contribution in [0.4, 0.5) is 8.78 Å². The molecule has 3 nitrogen and oxygen atoms in total. The van der Waals surface area contributed by atoms with Crippen molar-refractivity contribution >= 4 is 0 Å². The molecule has 0 heterocycles. The number of nitrogens with zero attached hydrogens (tertiary/aromatic N) is 1. The molecule has 1 rings (SSSR count). The highest BCUT2D eigenvalue weighted by atomic mass is 19.3. The van der Waals surface area contributed by atoms with Crippen LogP contribution in [0.3, 0.4) is 0 Å². The third-order valence-corrected chi connectivity index (χ3v) is 3.90. The summed E-state index contributed by atoms with van der Waals surface area (Å²) in [7, 11) is 2.01. The Morgan fingerprint density at radius 1 is 1.24 bits per heavy atom. The van der Waals surface area contributed by atoms with Crippen molar-refractivity contribution in [3.05, 3.63) is 29.8 Å². The normalized spacial score (nSPS) is 14.8. The maximum Gasteiger partial charge on any atom is 0.387 e. The number of nitrogens with two attached hydrogens (primary N) is 1. The van der Waals surface area contributed by atoms with Crippen molar-refractivity contribution in [3.8, 4) is 5.75 Å². The van der Waals surface area contributed by atoms with Gasteiger partial charge in [-0.2, -0.15) is 8.78 Å². The minimum atomic E-state index is -2.79. The van der Waals surface area contributed by atoms with Gasteiger partial charge in [-0.25, -0.2) is 0 Å². The summed E-state index contributed by atoms with van der Waals surface area (Å²) in [6.07, 6.45) is 0.908. The van der Waals surface area contributed by atoms with E-state index in [4.69, 9.17) is 5.73 Å². The molecule has 0 bridgehead atoms. The molecule has 0 spiro atoms. The summed E-state index contributed by atoms with van der Waals surface area (Å²) in [4.78, 5) is 2.17. The van der Waals surface area contributed by atoms with Crippen LogP contribution < -0.4 is 10.5 Å². The maximum absolute atomic E-state index is 12.3. The Hall–Kier alpha value is -1.20. The molecule has 1 aromatic carbocycles. The summed E-state index contributed by atoms with van der Waals surface area (Å²) in [5, 5.41) is 0. The van der Waals surface area contributed by atoms with Crippen molar-refractivity contribution in [2.24, 2.45) is 11.7 Å². The minimum Gasteiger partial charge on any atom is -0.435 e. The van der Waals surface area contributed by atoms with E-state index < -0.39 is 6.61 Å². The molecule has 21 heavy (non-hydrogen) atoms. The van der Waals surface area contributed by atoms with Crippen molar-refractivity contribution < 1.29 is 13.5 Å². The highest BCUT2D eigenvalue weighted by molar-refractivity contribution is 5.30. The number of rotatable bonds is 8. The topological polar surface area (TPSA) is 38.5 Å². The molecule has 0 aliphatic heterocycles. The maximum atomic E-state index is 12.3. The molecular weight excluding hydrogens is 274 g/mol. The second-order valence-corrected chi connectivity index (χ2v) is 5.80. The lowest BCUT2D eigenvalue weighted by molar-refractivity contribution is -0.0499. The van der Waals surface area contributed by atoms with E-state index in [2.05, 4.69) is 23.5 Å². The third-order valence-electron chi connectivity index (χ3n) is 3.90. The zero-order valence-corrected chi connectivity index (χ0v) is 13.2. The van der Waals surface area contributed by atoms with Crippen LogP contribution in [-0.4, -0.2) is 31.1 Å². The third kappa shape index (κ3) is 5.98. The lowest BCUT2D eigenvalue weighted by atomic mass is 10.0. The zero-order chi connectivity index (χ0) is 16.0. The highest BCUT2D eigenvalue weighted by Crippen LogP contribution is 2.24. The molecule has 0 radical (unpaired) electrons. The summed E-state index contributed by atoms with van der Waals surface area (Å²) in [6.45, 7) is 4.33. The quantitative estimate of drug-likeness (QED) is 0.796. The number of halogens is 2. The molecule has 0 fully saturated rings. The standard InChI is InChI=1S/C16H26F2N2O/c1-11(2)15(19)8-9-20(4)12(3)13-6-5-7-14(10-13)21-16(17)18/h5-7,10-12,15-16H,8-9,19H2,1-4H3. The molecule has 0 aliphatic rings. The van der Waals surface area contributed by atoms with Gasteiger partial charge in [-0.05, 0) is 50.6 Å². The minimum absolute atomic E-state index is 0.116. The van der Waals surface area contributed by atoms with Crippen molar-refractivity contribution in [1.82, 2.24) is 4.90 Å². The zero-order valence-electron chi connectivity index (χ0n) is 13.2. The number of ether oxygens (including phenoxy) is 1. The molecule has 0 aliphatic carbocycles. The first-order valence-corrected chi connectivity index (χ1v) is 7.31. The number of hydrogen-bond donors (Lipinski definition) is 1. The fraction of sp³-hybridized carbons (Fsp3) is 0.625. The molecule has 0 saturated heterocycles. The van der Waals surface area contributed by atoms with Crippen LogP contribution in [-0.2, 0) is 0 Å². The Bertz CT molecular complexity index is 426. The van der Waals surface area contributed by atoms with E-state index in [1.165, 1.54) is 6.07 Å². The molecule has 120 valence electrons. The summed E-state index contributed by atoms with van der Waals surface area (Å²) in [5.74, 6) is 0.651. The van der Waals surface area contributed by atoms with E-state index in [1.54, 1.807) is 12.1 Å². The van der Waals surface area contributed by atoms with Gasteiger partial charge < -0.3 is 10.5 Å². The predicted molar refractivity (Wildman–Crippen MR) is 81.5 cm³/mol. The van der Waals surface area contributed by atoms with Crippen molar-refractivity contribution in [2.45, 2.75) is 45.9 Å². The summed E-state index contributed by atoms with van der Waals surface area (Å²) < 4.78 is 28.9. The van der Waals surface area contributed by atoms with Crippen molar-refractivity contribution in [1.29, 1.82) is 0 Å². The fourth-order valence-corrected chi connectivity index (χ4v) is 2.08. The van der Waals surface area contributed by atoms with Crippen LogP contribution in [0, 0.1) is 5.92 Å². The molecule has 2 N–H and O–H groups in total. The van der Waals surface area contributed by atoms with Gasteiger partial charge in [0.1, 0.15) is 5.75 Å². The second-order valence-electron chi connectivity index (χ2n) is 5.80. The molecule has 2 unspecified atom stereocenters. The van der Waals surface area contributed by atoms with Gasteiger partial charge in [0.25, 0.3) is 0 Å². The van der Waals surface area contributed by atoms with Gasteiger partial charge in [0, 0.05) is 12.1 Å². The molecular formula is C16H26F2N2O. The fourth-order valence-electron chi connectivity index (χ4n) is 2.08. The van der Waals surface area contributed by atoms with Crippen LogP contribution in [0.15, 0.2) is 24.3 Å². The van der Waals surface area contributed by atoms with Crippen LogP contribution in [0.2, 0.25) is 0 Å². The smallest absolute Gasteiger partial charge is 0.387 e. The molecule has 0 saturated carbocycles. The molecule has 0 amide bonds. The van der Waals surface area contributed by atoms with Crippen LogP contribution in [0.1, 0.15) is 38.8 Å². The molecule has 1 aromatic rings. The number of hydrogen-bond acceptors (Lipinski definition) is 3. The first-order valence-electron chi connectivity index (χ1n) is 7.31. The van der Waals surface area contributed by atoms with E-state index in [-0.39, 0.29) is 17.8 Å². The Balaban J connectivity index is 2.63. The van der Waals surface area contributed by atoms with Crippen LogP contribution >= 0.6 is 0 Å². The first kappa shape index (κ1) is 17.9. The van der Waals surface area contributed by atoms with Gasteiger partial charge in [0.15, 0.2) is 0 Å². The Morgan fingerprint density at radius 3 is 2.48 bits per heavy atom. The van der Waals surface area contributed by atoms with Gasteiger partial charge in [-0.1, -0.05) is 26.0 Å². The SMILES string of the molecule is CC(C)C(N)CCN(C)C(C)c1cccc(OC(F)F)c1. The van der Waals surface area contributed by atoms with Gasteiger partial charge in [-0.3, -0.25) is 4.90 Å². The van der Waals surface area contributed by atoms with E-state index >= 15 is 0 Å². The second kappa shape index (κ2) is 8.29. The average molecular weight is 300 g/mol. The van der Waals surface area contributed by atoms with Crippen molar-refractivity contribution in [3.63, 3.8) is 0 Å². The predicted octanol–water partition coefficient (Wildman–Crippen LogP) is 3.65. The average Bonchev–Trinajstić information content (AvgIpc) is 2.42. The van der Waals surface area contributed by atoms with Gasteiger partial charge >= 0.3 is 6.61 Å². The van der Waals surface area contributed by atoms with Crippen LogP contribution in [0.25, 0.3) is 0 Å². The van der Waals surface area contributed by atoms with Gasteiger partial charge in [0.2, 0.25) is 0 Å². The summed E-state index contributed by atoms with van der Waals surface area (Å²) in [6, 6.07) is 7.14. The van der Waals surface area contributed by atoms with Gasteiger partial charge in [0.05, 0.1) is 0 Å². The lowest BCUT2D eigenvalue weighted by Gasteiger charge is -2.27. The Kier molecular flexibility index (Phi) is 7.05. The molecule has 0 aromatic heterocycles. The van der Waals surface area contributed by atoms with E-state index in [9.17, 15) is 8.78 Å². The largest absolute Gasteiger partial charge is 0.435 e. The highest BCUT2D eigenvalue weighted by Gasteiger charge is 2.15. The molecule has 5 heteroatoms. The monoisotopic (exact) mass is 300 g/mol. The number of benzene rings is 1. The first-order chi connectivity index (χ1) is 9.81. The Morgan fingerprint density at radius 2 is 1.90 bits per heavy atom. The number of alkyl halides is 2. The van der Waals surface area contributed by atoms with Crippen LogP contribution in [0.5, 0.6) is 5.75 Å². The van der Waals surface area contributed by atoms with Gasteiger partial charge in [-0.15, -0.1) is 0 Å². The van der Waals surface area contributed by atoms with E-state index in [0.717, 1.165) is 18.5 Å². The molecule has 2 atom stereocenters. The van der Waals surface area contributed by atoms with E-state index in [1.807, 2.05) is 20.0 Å². The summed E-state index contributed by atoms with van der Waals surface area (Å²) in [5.41, 5.74) is 7.01. The van der Waals surface area contributed by atoms with E-state index in [0.29, 0.717) is 5.92 Å². The Labute approximate surface area is 126 Å². The summed E-state index contributed by atoms with van der Waals surface area (Å²) >= 11 is 0. The van der Waals surface area contributed by atoms with Crippen molar-refractivity contribution in [2.75, 3.05) is 13.6 Å². The lowest BCUT2D eigenvalue weighted by Crippen LogP contribution is -2.32.